The van der Waals surface area contributed by atoms with Gasteiger partial charge in [-0.3, -0.25) is 4.98 Å². The lowest BCUT2D eigenvalue weighted by Gasteiger charge is -2.26. The minimum absolute atomic E-state index is 0.575. The van der Waals surface area contributed by atoms with Crippen molar-refractivity contribution in [2.75, 3.05) is 10.6 Å². The quantitative estimate of drug-likeness (QED) is 0.721. The smallest absolute Gasteiger partial charge is 0.166 e. The van der Waals surface area contributed by atoms with Gasteiger partial charge < -0.3 is 10.6 Å². The molecule has 1 aliphatic carbocycles. The molecule has 0 spiro atoms. The van der Waals surface area contributed by atoms with Crippen LogP contribution < -0.4 is 10.6 Å². The fourth-order valence-corrected chi connectivity index (χ4v) is 3.52. The Hall–Kier alpha value is -2.14. The Kier molecular flexibility index (Phi) is 3.87. The molecule has 2 aromatic heterocycles. The fraction of sp³-hybridized carbons (Fsp3) is 0.333. The van der Waals surface area contributed by atoms with Gasteiger partial charge in [0.15, 0.2) is 5.82 Å². The van der Waals surface area contributed by atoms with Crippen molar-refractivity contribution in [2.45, 2.75) is 38.8 Å². The molecule has 0 saturated heterocycles. The predicted molar refractivity (Wildman–Crippen MR) is 97.2 cm³/mol. The van der Waals surface area contributed by atoms with Crippen LogP contribution in [-0.2, 0) is 6.54 Å². The Morgan fingerprint density at radius 2 is 2.00 bits per heavy atom. The summed E-state index contributed by atoms with van der Waals surface area (Å²) in [5.41, 5.74) is 4.65. The number of aromatic nitrogens is 2. The topological polar surface area (TPSA) is 49.8 Å². The van der Waals surface area contributed by atoms with Crippen LogP contribution in [0.4, 0.5) is 11.5 Å². The van der Waals surface area contributed by atoms with Gasteiger partial charge in [-0.15, -0.1) is 0 Å². The summed E-state index contributed by atoms with van der Waals surface area (Å²) >= 11 is 1.52. The highest BCUT2D eigenvalue weighted by Crippen LogP contribution is 2.33. The number of fused-ring (bicyclic) bond motifs is 1. The van der Waals surface area contributed by atoms with E-state index < -0.39 is 0 Å². The molecule has 0 atom stereocenters. The van der Waals surface area contributed by atoms with Crippen LogP contribution >= 0.6 is 11.5 Å². The zero-order chi connectivity index (χ0) is 15.6. The van der Waals surface area contributed by atoms with Gasteiger partial charge in [-0.25, -0.2) is 0 Å². The van der Waals surface area contributed by atoms with E-state index in [1.807, 2.05) is 12.3 Å². The largest absolute Gasteiger partial charge is 0.380 e. The summed E-state index contributed by atoms with van der Waals surface area (Å²) < 4.78 is 5.70. The molecule has 0 aliphatic heterocycles. The van der Waals surface area contributed by atoms with Gasteiger partial charge in [0.25, 0.3) is 0 Å². The first-order valence-corrected chi connectivity index (χ1v) is 8.87. The molecule has 23 heavy (non-hydrogen) atoms. The molecule has 2 N–H and O–H groups in total. The number of anilines is 2. The number of hydrogen-bond acceptors (Lipinski definition) is 5. The van der Waals surface area contributed by atoms with E-state index in [9.17, 15) is 0 Å². The van der Waals surface area contributed by atoms with Crippen molar-refractivity contribution in [2.24, 2.45) is 0 Å². The van der Waals surface area contributed by atoms with Crippen LogP contribution in [0.15, 0.2) is 36.5 Å². The van der Waals surface area contributed by atoms with E-state index in [4.69, 9.17) is 0 Å². The molecule has 118 valence electrons. The van der Waals surface area contributed by atoms with E-state index in [1.165, 1.54) is 41.9 Å². The molecule has 5 heteroatoms. The summed E-state index contributed by atoms with van der Waals surface area (Å²) in [6.07, 6.45) is 5.66. The summed E-state index contributed by atoms with van der Waals surface area (Å²) in [5, 5.41) is 7.04. The Labute approximate surface area is 140 Å². The van der Waals surface area contributed by atoms with Gasteiger partial charge in [0, 0.05) is 18.8 Å². The minimum atomic E-state index is 0.575. The molecule has 1 aliphatic rings. The van der Waals surface area contributed by atoms with Crippen molar-refractivity contribution < 1.29 is 0 Å². The van der Waals surface area contributed by atoms with Gasteiger partial charge in [0.05, 0.1) is 10.4 Å². The molecule has 1 fully saturated rings. The van der Waals surface area contributed by atoms with Crippen molar-refractivity contribution in [3.63, 3.8) is 0 Å². The van der Waals surface area contributed by atoms with Crippen LogP contribution in [0.5, 0.6) is 0 Å². The monoisotopic (exact) mass is 324 g/mol. The first-order valence-electron chi connectivity index (χ1n) is 8.10. The van der Waals surface area contributed by atoms with Crippen molar-refractivity contribution >= 4 is 33.3 Å². The summed E-state index contributed by atoms with van der Waals surface area (Å²) in [7, 11) is 0. The number of aryl methyl sites for hydroxylation is 1. The average molecular weight is 324 g/mol. The van der Waals surface area contributed by atoms with Gasteiger partial charge in [-0.1, -0.05) is 29.8 Å². The Morgan fingerprint density at radius 3 is 2.74 bits per heavy atom. The van der Waals surface area contributed by atoms with Crippen LogP contribution in [0.2, 0.25) is 0 Å². The second-order valence-corrected chi connectivity index (χ2v) is 6.95. The maximum absolute atomic E-state index is 4.57. The van der Waals surface area contributed by atoms with E-state index in [0.717, 1.165) is 28.3 Å². The second-order valence-electron chi connectivity index (χ2n) is 6.18. The Bertz CT molecular complexity index is 806. The maximum atomic E-state index is 4.57. The average Bonchev–Trinajstić information content (AvgIpc) is 2.94. The standard InChI is InChI=1S/C18H20N4S/c1-12-5-7-13(8-6-12)11-20-15-9-10-19-16-17(15)23-22-18(16)21-14-3-2-4-14/h5-10,14H,2-4,11H2,1H3,(H,19,20)(H,21,22). The van der Waals surface area contributed by atoms with Crippen molar-refractivity contribution in [3.05, 3.63) is 47.7 Å². The third kappa shape index (κ3) is 3.01. The number of pyridine rings is 1. The lowest BCUT2D eigenvalue weighted by molar-refractivity contribution is 0.445. The summed E-state index contributed by atoms with van der Waals surface area (Å²) in [5.74, 6) is 0.939. The van der Waals surface area contributed by atoms with E-state index in [-0.39, 0.29) is 0 Å². The summed E-state index contributed by atoms with van der Waals surface area (Å²) in [4.78, 5) is 4.53. The van der Waals surface area contributed by atoms with Crippen molar-refractivity contribution in [3.8, 4) is 0 Å². The molecule has 2 heterocycles. The van der Waals surface area contributed by atoms with E-state index in [1.54, 1.807) is 0 Å². The molecule has 1 saturated carbocycles. The summed E-state index contributed by atoms with van der Waals surface area (Å²) in [6, 6.07) is 11.2. The first-order chi connectivity index (χ1) is 11.3. The minimum Gasteiger partial charge on any atom is -0.380 e. The summed E-state index contributed by atoms with van der Waals surface area (Å²) in [6.45, 7) is 2.92. The first kappa shape index (κ1) is 14.5. The van der Waals surface area contributed by atoms with E-state index >= 15 is 0 Å². The van der Waals surface area contributed by atoms with Gasteiger partial charge in [-0.05, 0) is 49.3 Å². The van der Waals surface area contributed by atoms with E-state index in [0.29, 0.717) is 6.04 Å². The zero-order valence-electron chi connectivity index (χ0n) is 13.2. The fourth-order valence-electron chi connectivity index (χ4n) is 2.73. The Balaban J connectivity index is 1.53. The normalized spacial score (nSPS) is 14.7. The van der Waals surface area contributed by atoms with Crippen molar-refractivity contribution in [1.29, 1.82) is 0 Å². The second kappa shape index (κ2) is 6.16. The molecular formula is C18H20N4S. The lowest BCUT2D eigenvalue weighted by Crippen LogP contribution is -2.27. The molecule has 1 aromatic carbocycles. The van der Waals surface area contributed by atoms with Crippen LogP contribution in [0.25, 0.3) is 10.2 Å². The number of hydrogen-bond donors (Lipinski definition) is 2. The number of nitrogens with one attached hydrogen (secondary N) is 2. The molecular weight excluding hydrogens is 304 g/mol. The SMILES string of the molecule is Cc1ccc(CNc2ccnc3c(NC4CCC4)nsc23)cc1. The number of nitrogens with zero attached hydrogens (tertiary/aromatic N) is 2. The third-order valence-electron chi connectivity index (χ3n) is 4.41. The van der Waals surface area contributed by atoms with Gasteiger partial charge >= 0.3 is 0 Å². The molecule has 0 amide bonds. The van der Waals surface area contributed by atoms with Crippen LogP contribution in [0, 0.1) is 6.92 Å². The van der Waals surface area contributed by atoms with Gasteiger partial charge in [-0.2, -0.15) is 4.37 Å². The van der Waals surface area contributed by atoms with Crippen LogP contribution in [0.3, 0.4) is 0 Å². The molecule has 0 radical (unpaired) electrons. The van der Waals surface area contributed by atoms with Gasteiger partial charge in [0.1, 0.15) is 5.52 Å². The van der Waals surface area contributed by atoms with Crippen LogP contribution in [0.1, 0.15) is 30.4 Å². The maximum Gasteiger partial charge on any atom is 0.166 e. The highest BCUT2D eigenvalue weighted by Gasteiger charge is 2.20. The van der Waals surface area contributed by atoms with Crippen molar-refractivity contribution in [1.82, 2.24) is 9.36 Å². The van der Waals surface area contributed by atoms with Gasteiger partial charge in [0.2, 0.25) is 0 Å². The highest BCUT2D eigenvalue weighted by atomic mass is 32.1. The third-order valence-corrected chi connectivity index (χ3v) is 5.28. The molecule has 4 rings (SSSR count). The molecule has 0 bridgehead atoms. The lowest BCUT2D eigenvalue weighted by atomic mass is 9.93. The Morgan fingerprint density at radius 1 is 1.17 bits per heavy atom. The number of rotatable bonds is 5. The zero-order valence-corrected chi connectivity index (χ0v) is 14.0. The molecule has 0 unspecified atom stereocenters. The molecule has 4 nitrogen and oxygen atoms in total. The number of benzene rings is 1. The molecule has 3 aromatic rings. The highest BCUT2D eigenvalue weighted by molar-refractivity contribution is 7.14. The van der Waals surface area contributed by atoms with Crippen LogP contribution in [-0.4, -0.2) is 15.4 Å². The van der Waals surface area contributed by atoms with E-state index in [2.05, 4.69) is 51.2 Å². The predicted octanol–water partition coefficient (Wildman–Crippen LogP) is 4.58.